The van der Waals surface area contributed by atoms with Gasteiger partial charge in [0.25, 0.3) is 5.69 Å². The molecular weight excluding hydrogens is 252 g/mol. The van der Waals surface area contributed by atoms with Gasteiger partial charge in [-0.25, -0.2) is 0 Å². The molecule has 0 fully saturated rings. The number of benzene rings is 1. The number of nitro groups is 1. The molecule has 0 radical (unpaired) electrons. The summed E-state index contributed by atoms with van der Waals surface area (Å²) in [6.45, 7) is 0.566. The number of hydrogen-bond donors (Lipinski definition) is 1. The molecule has 0 bridgehead atoms. The molecule has 0 aliphatic heterocycles. The minimum absolute atomic E-state index is 0.0181. The average molecular weight is 264 g/mol. The summed E-state index contributed by atoms with van der Waals surface area (Å²) in [4.78, 5) is 10.5. The van der Waals surface area contributed by atoms with Crippen LogP contribution in [0.4, 0.5) is 11.4 Å². The zero-order valence-electron chi connectivity index (χ0n) is 9.75. The molecule has 1 aromatic carbocycles. The van der Waals surface area contributed by atoms with Crippen molar-refractivity contribution in [3.8, 4) is 5.75 Å². The molecule has 6 heteroatoms. The van der Waals surface area contributed by atoms with Crippen molar-refractivity contribution in [2.75, 3.05) is 12.4 Å². The largest absolute Gasteiger partial charge is 0.496 e. The molecule has 1 aromatic heterocycles. The highest BCUT2D eigenvalue weighted by molar-refractivity contribution is 7.07. The van der Waals surface area contributed by atoms with Gasteiger partial charge in [-0.3, -0.25) is 10.1 Å². The molecule has 0 saturated carbocycles. The SMILES string of the molecule is COc1ccc(NCc2ccsc2)c([N+](=O)[O-])c1. The third-order valence-electron chi connectivity index (χ3n) is 2.46. The topological polar surface area (TPSA) is 64.4 Å². The average Bonchev–Trinajstić information content (AvgIpc) is 2.89. The number of ether oxygens (including phenoxy) is 1. The van der Waals surface area contributed by atoms with Gasteiger partial charge in [-0.2, -0.15) is 11.3 Å². The number of nitro benzene ring substituents is 1. The van der Waals surface area contributed by atoms with Crippen molar-refractivity contribution in [2.45, 2.75) is 6.54 Å². The standard InChI is InChI=1S/C12H12N2O3S/c1-17-10-2-3-11(12(6-10)14(15)16)13-7-9-4-5-18-8-9/h2-6,8,13H,7H2,1H3. The van der Waals surface area contributed by atoms with Gasteiger partial charge < -0.3 is 10.1 Å². The van der Waals surface area contributed by atoms with Crippen LogP contribution in [0.1, 0.15) is 5.56 Å². The van der Waals surface area contributed by atoms with Crippen LogP contribution < -0.4 is 10.1 Å². The van der Waals surface area contributed by atoms with Crippen LogP contribution in [-0.2, 0) is 6.54 Å². The first kappa shape index (κ1) is 12.4. The lowest BCUT2D eigenvalue weighted by Crippen LogP contribution is -2.02. The number of methoxy groups -OCH3 is 1. The van der Waals surface area contributed by atoms with Gasteiger partial charge in [0.2, 0.25) is 0 Å². The lowest BCUT2D eigenvalue weighted by atomic mass is 10.2. The molecule has 0 atom stereocenters. The third kappa shape index (κ3) is 2.78. The van der Waals surface area contributed by atoms with Crippen molar-refractivity contribution < 1.29 is 9.66 Å². The summed E-state index contributed by atoms with van der Waals surface area (Å²) in [6, 6.07) is 6.75. The number of nitrogens with zero attached hydrogens (tertiary/aromatic N) is 1. The van der Waals surface area contributed by atoms with Crippen LogP contribution in [0.25, 0.3) is 0 Å². The second-order valence-corrected chi connectivity index (χ2v) is 4.41. The van der Waals surface area contributed by atoms with Crippen LogP contribution in [0.5, 0.6) is 5.75 Å². The smallest absolute Gasteiger partial charge is 0.296 e. The number of nitrogens with one attached hydrogen (secondary N) is 1. The molecule has 1 heterocycles. The Balaban J connectivity index is 2.18. The minimum atomic E-state index is -0.418. The van der Waals surface area contributed by atoms with Crippen LogP contribution in [0.2, 0.25) is 0 Å². The lowest BCUT2D eigenvalue weighted by molar-refractivity contribution is -0.384. The van der Waals surface area contributed by atoms with Crippen molar-refractivity contribution in [1.29, 1.82) is 0 Å². The molecule has 2 aromatic rings. The fourth-order valence-electron chi connectivity index (χ4n) is 1.53. The first-order valence-corrected chi connectivity index (χ1v) is 6.22. The first-order valence-electron chi connectivity index (χ1n) is 5.28. The van der Waals surface area contributed by atoms with Gasteiger partial charge in [0.05, 0.1) is 18.1 Å². The van der Waals surface area contributed by atoms with E-state index in [9.17, 15) is 10.1 Å². The molecule has 0 spiro atoms. The normalized spacial score (nSPS) is 10.1. The van der Waals surface area contributed by atoms with Crippen molar-refractivity contribution in [1.82, 2.24) is 0 Å². The molecule has 0 aliphatic carbocycles. The van der Waals surface area contributed by atoms with E-state index < -0.39 is 4.92 Å². The van der Waals surface area contributed by atoms with Gasteiger partial charge in [-0.1, -0.05) is 0 Å². The minimum Gasteiger partial charge on any atom is -0.496 e. The Morgan fingerprint density at radius 2 is 2.28 bits per heavy atom. The molecule has 18 heavy (non-hydrogen) atoms. The Bertz CT molecular complexity index is 540. The fourth-order valence-corrected chi connectivity index (χ4v) is 2.20. The predicted octanol–water partition coefficient (Wildman–Crippen LogP) is 3.28. The zero-order valence-corrected chi connectivity index (χ0v) is 10.6. The Morgan fingerprint density at radius 3 is 2.89 bits per heavy atom. The maximum absolute atomic E-state index is 11.0. The number of anilines is 1. The maximum atomic E-state index is 11.0. The highest BCUT2D eigenvalue weighted by atomic mass is 32.1. The summed E-state index contributed by atoms with van der Waals surface area (Å²) in [5.74, 6) is 0.475. The lowest BCUT2D eigenvalue weighted by Gasteiger charge is -2.07. The highest BCUT2D eigenvalue weighted by Crippen LogP contribution is 2.29. The van der Waals surface area contributed by atoms with Crippen LogP contribution in [0.15, 0.2) is 35.0 Å². The molecular formula is C12H12N2O3S. The third-order valence-corrected chi connectivity index (χ3v) is 3.20. The summed E-state index contributed by atoms with van der Waals surface area (Å²) >= 11 is 1.60. The maximum Gasteiger partial charge on any atom is 0.296 e. The zero-order chi connectivity index (χ0) is 13.0. The molecule has 2 rings (SSSR count). The van der Waals surface area contributed by atoms with E-state index in [4.69, 9.17) is 4.74 Å². The van der Waals surface area contributed by atoms with E-state index in [2.05, 4.69) is 5.32 Å². The van der Waals surface area contributed by atoms with E-state index in [-0.39, 0.29) is 5.69 Å². The second-order valence-electron chi connectivity index (χ2n) is 3.63. The Kier molecular flexibility index (Phi) is 3.78. The molecule has 0 aliphatic rings. The quantitative estimate of drug-likeness (QED) is 0.665. The van der Waals surface area contributed by atoms with E-state index >= 15 is 0 Å². The van der Waals surface area contributed by atoms with Gasteiger partial charge in [0, 0.05) is 6.54 Å². The number of hydrogen-bond acceptors (Lipinski definition) is 5. The molecule has 0 unspecified atom stereocenters. The second kappa shape index (κ2) is 5.50. The Hall–Kier alpha value is -2.08. The van der Waals surface area contributed by atoms with Crippen molar-refractivity contribution in [2.24, 2.45) is 0 Å². The van der Waals surface area contributed by atoms with Gasteiger partial charge in [-0.15, -0.1) is 0 Å². The van der Waals surface area contributed by atoms with Gasteiger partial charge in [-0.05, 0) is 34.5 Å². The monoisotopic (exact) mass is 264 g/mol. The number of rotatable bonds is 5. The van der Waals surface area contributed by atoms with Crippen LogP contribution in [-0.4, -0.2) is 12.0 Å². The van der Waals surface area contributed by atoms with E-state index in [1.807, 2.05) is 16.8 Å². The Labute approximate surface area is 108 Å². The van der Waals surface area contributed by atoms with Crippen LogP contribution in [0.3, 0.4) is 0 Å². The van der Waals surface area contributed by atoms with E-state index in [0.717, 1.165) is 5.56 Å². The highest BCUT2D eigenvalue weighted by Gasteiger charge is 2.14. The van der Waals surface area contributed by atoms with Crippen LogP contribution in [0, 0.1) is 10.1 Å². The molecule has 1 N–H and O–H groups in total. The predicted molar refractivity (Wildman–Crippen MR) is 71.3 cm³/mol. The molecule has 0 amide bonds. The Morgan fingerprint density at radius 1 is 1.44 bits per heavy atom. The summed E-state index contributed by atoms with van der Waals surface area (Å²) < 4.78 is 4.98. The van der Waals surface area contributed by atoms with E-state index in [1.54, 1.807) is 23.5 Å². The summed E-state index contributed by atoms with van der Waals surface area (Å²) in [5.41, 5.74) is 1.61. The number of thiophene rings is 1. The molecule has 0 saturated heterocycles. The van der Waals surface area contributed by atoms with Gasteiger partial charge in [0.15, 0.2) is 0 Å². The fraction of sp³-hybridized carbons (Fsp3) is 0.167. The summed E-state index contributed by atoms with van der Waals surface area (Å²) in [5, 5.41) is 18.0. The van der Waals surface area contributed by atoms with Crippen molar-refractivity contribution >= 4 is 22.7 Å². The molecule has 94 valence electrons. The van der Waals surface area contributed by atoms with Crippen molar-refractivity contribution in [3.63, 3.8) is 0 Å². The van der Waals surface area contributed by atoms with Crippen LogP contribution >= 0.6 is 11.3 Å². The molecule has 5 nitrogen and oxygen atoms in total. The first-order chi connectivity index (χ1) is 8.70. The van der Waals surface area contributed by atoms with Gasteiger partial charge in [0.1, 0.15) is 11.4 Å². The summed E-state index contributed by atoms with van der Waals surface area (Å²) in [6.07, 6.45) is 0. The van der Waals surface area contributed by atoms with E-state index in [0.29, 0.717) is 18.0 Å². The summed E-state index contributed by atoms with van der Waals surface area (Å²) in [7, 11) is 1.48. The van der Waals surface area contributed by atoms with Crippen molar-refractivity contribution in [3.05, 3.63) is 50.7 Å². The van der Waals surface area contributed by atoms with Gasteiger partial charge >= 0.3 is 0 Å². The van der Waals surface area contributed by atoms with E-state index in [1.165, 1.54) is 13.2 Å².